The molecule has 0 saturated heterocycles. The summed E-state index contributed by atoms with van der Waals surface area (Å²) in [6, 6.07) is 5.64. The summed E-state index contributed by atoms with van der Waals surface area (Å²) in [7, 11) is 0. The van der Waals surface area contributed by atoms with Gasteiger partial charge in [-0.1, -0.05) is 17.7 Å². The molecule has 0 N–H and O–H groups in total. The number of nitriles is 1. The maximum absolute atomic E-state index is 9.66. The standard InChI is InChI=1S/C14H9ClN5/c15-12-3-1-2-11-13(12)19-9-17-6-10(19)7-20(8-16)5-4-18-14(11)20/h1-6,9H,7H2/q+1. The molecule has 0 amide bonds. The van der Waals surface area contributed by atoms with Crippen LogP contribution in [0.25, 0.3) is 5.69 Å². The summed E-state index contributed by atoms with van der Waals surface area (Å²) < 4.78 is 1.96. The summed E-state index contributed by atoms with van der Waals surface area (Å²) in [5.41, 5.74) is 2.62. The molecule has 20 heavy (non-hydrogen) atoms. The van der Waals surface area contributed by atoms with Gasteiger partial charge >= 0.3 is 6.19 Å². The number of aromatic nitrogens is 2. The Morgan fingerprint density at radius 2 is 2.30 bits per heavy atom. The zero-order valence-electron chi connectivity index (χ0n) is 10.4. The smallest absolute Gasteiger partial charge is 0.295 e. The van der Waals surface area contributed by atoms with Gasteiger partial charge in [-0.2, -0.15) is 4.99 Å². The number of rotatable bonds is 0. The topological polar surface area (TPSA) is 54.0 Å². The van der Waals surface area contributed by atoms with Gasteiger partial charge in [-0.3, -0.25) is 4.57 Å². The molecule has 1 aromatic carbocycles. The van der Waals surface area contributed by atoms with Crippen molar-refractivity contribution in [2.24, 2.45) is 4.99 Å². The van der Waals surface area contributed by atoms with Crippen LogP contribution >= 0.6 is 11.6 Å². The van der Waals surface area contributed by atoms with Crippen LogP contribution in [0, 0.1) is 11.5 Å². The molecule has 2 aromatic rings. The summed E-state index contributed by atoms with van der Waals surface area (Å²) in [6.45, 7) is 0.483. The van der Waals surface area contributed by atoms with Crippen LogP contribution in [-0.4, -0.2) is 19.9 Å². The molecule has 0 saturated carbocycles. The predicted octanol–water partition coefficient (Wildman–Crippen LogP) is 2.57. The highest BCUT2D eigenvalue weighted by Gasteiger charge is 2.43. The minimum absolute atomic E-state index is 0.0268. The SMILES string of the molecule is N#C[N+]12C=CN=C1c1cccc(Cl)c1-n1cncc1C2. The third-order valence-corrected chi connectivity index (χ3v) is 3.97. The van der Waals surface area contributed by atoms with Gasteiger partial charge in [0, 0.05) is 0 Å². The maximum atomic E-state index is 9.66. The van der Waals surface area contributed by atoms with Gasteiger partial charge in [0.25, 0.3) is 5.84 Å². The summed E-state index contributed by atoms with van der Waals surface area (Å²) in [4.78, 5) is 8.59. The van der Waals surface area contributed by atoms with Gasteiger partial charge in [0.05, 0.1) is 40.7 Å². The Balaban J connectivity index is 2.13. The molecule has 1 unspecified atom stereocenters. The number of hydrogen-bond donors (Lipinski definition) is 0. The fourth-order valence-corrected chi connectivity index (χ4v) is 3.02. The van der Waals surface area contributed by atoms with E-state index in [0.29, 0.717) is 17.4 Å². The number of nitrogens with zero attached hydrogens (tertiary/aromatic N) is 5. The first-order valence-corrected chi connectivity index (χ1v) is 6.49. The molecular weight excluding hydrogens is 274 g/mol. The Labute approximate surface area is 120 Å². The lowest BCUT2D eigenvalue weighted by Crippen LogP contribution is -2.40. The molecule has 6 heteroatoms. The van der Waals surface area contributed by atoms with Crippen LogP contribution in [0.3, 0.4) is 0 Å². The lowest BCUT2D eigenvalue weighted by molar-refractivity contribution is -0.728. The second-order valence-electron chi connectivity index (χ2n) is 4.77. The van der Waals surface area contributed by atoms with E-state index >= 15 is 0 Å². The fourth-order valence-electron chi connectivity index (χ4n) is 2.76. The van der Waals surface area contributed by atoms with Gasteiger partial charge in [-0.25, -0.2) is 4.98 Å². The quantitative estimate of drug-likeness (QED) is 0.551. The van der Waals surface area contributed by atoms with Crippen molar-refractivity contribution in [3.8, 4) is 11.9 Å². The average molecular weight is 283 g/mol. The largest absolute Gasteiger partial charge is 0.321 e. The number of aliphatic imine (C=N–C) groups is 1. The number of amidine groups is 1. The van der Waals surface area contributed by atoms with Crippen molar-refractivity contribution >= 4 is 17.4 Å². The van der Waals surface area contributed by atoms with E-state index < -0.39 is 0 Å². The van der Waals surface area contributed by atoms with E-state index in [1.807, 2.05) is 22.8 Å². The molecule has 0 radical (unpaired) electrons. The number of benzene rings is 1. The average Bonchev–Trinajstić information content (AvgIpc) is 3.05. The van der Waals surface area contributed by atoms with E-state index in [0.717, 1.165) is 16.9 Å². The third-order valence-electron chi connectivity index (χ3n) is 3.67. The van der Waals surface area contributed by atoms with Crippen molar-refractivity contribution in [1.82, 2.24) is 9.55 Å². The minimum Gasteiger partial charge on any atom is -0.295 e. The first kappa shape index (κ1) is 11.4. The summed E-state index contributed by atoms with van der Waals surface area (Å²) >= 11 is 6.36. The summed E-state index contributed by atoms with van der Waals surface area (Å²) in [5.74, 6) is 0.703. The summed E-state index contributed by atoms with van der Waals surface area (Å²) in [5, 5.41) is 10.3. The number of hydrogen-bond acceptors (Lipinski definition) is 3. The highest BCUT2D eigenvalue weighted by Crippen LogP contribution is 2.35. The molecule has 3 heterocycles. The lowest BCUT2D eigenvalue weighted by atomic mass is 10.1. The highest BCUT2D eigenvalue weighted by molar-refractivity contribution is 6.33. The van der Waals surface area contributed by atoms with E-state index in [2.05, 4.69) is 16.2 Å². The molecule has 1 atom stereocenters. The van der Waals surface area contributed by atoms with Gasteiger partial charge in [0.2, 0.25) is 0 Å². The van der Waals surface area contributed by atoms with Crippen LogP contribution in [-0.2, 0) is 6.54 Å². The summed E-state index contributed by atoms with van der Waals surface area (Å²) in [6.07, 6.45) is 9.30. The lowest BCUT2D eigenvalue weighted by Gasteiger charge is -2.20. The predicted molar refractivity (Wildman–Crippen MR) is 73.8 cm³/mol. The zero-order valence-corrected chi connectivity index (χ0v) is 11.1. The van der Waals surface area contributed by atoms with E-state index in [1.54, 1.807) is 24.9 Å². The van der Waals surface area contributed by atoms with Crippen LogP contribution in [0.1, 0.15) is 11.3 Å². The second kappa shape index (κ2) is 3.79. The molecule has 2 aliphatic heterocycles. The van der Waals surface area contributed by atoms with E-state index in [-0.39, 0.29) is 4.48 Å². The Morgan fingerprint density at radius 3 is 3.15 bits per heavy atom. The number of halogens is 1. The van der Waals surface area contributed by atoms with Crippen LogP contribution in [0.15, 0.2) is 48.1 Å². The van der Waals surface area contributed by atoms with Gasteiger partial charge < -0.3 is 0 Å². The van der Waals surface area contributed by atoms with Gasteiger partial charge in [-0.05, 0) is 12.1 Å². The Kier molecular flexibility index (Phi) is 2.16. The number of quaternary nitrogens is 1. The molecule has 5 nitrogen and oxygen atoms in total. The molecule has 1 aromatic heterocycles. The number of imidazole rings is 1. The molecule has 0 bridgehead atoms. The molecule has 2 aliphatic rings. The third kappa shape index (κ3) is 1.29. The monoisotopic (exact) mass is 282 g/mol. The molecule has 96 valence electrons. The fraction of sp³-hybridized carbons (Fsp3) is 0.0714. The normalized spacial score (nSPS) is 22.3. The van der Waals surface area contributed by atoms with E-state index in [9.17, 15) is 5.26 Å². The highest BCUT2D eigenvalue weighted by atomic mass is 35.5. The number of para-hydroxylation sites is 1. The molecule has 0 aliphatic carbocycles. The minimum atomic E-state index is 0.0268. The molecular formula is C14H9ClN5+. The molecule has 4 rings (SSSR count). The maximum Gasteiger partial charge on any atom is 0.321 e. The van der Waals surface area contributed by atoms with Crippen molar-refractivity contribution < 1.29 is 4.48 Å². The van der Waals surface area contributed by atoms with Crippen molar-refractivity contribution in [2.75, 3.05) is 0 Å². The van der Waals surface area contributed by atoms with Crippen molar-refractivity contribution in [2.45, 2.75) is 6.54 Å². The second-order valence-corrected chi connectivity index (χ2v) is 5.18. The Morgan fingerprint density at radius 1 is 1.40 bits per heavy atom. The van der Waals surface area contributed by atoms with E-state index in [4.69, 9.17) is 11.6 Å². The van der Waals surface area contributed by atoms with Gasteiger partial charge in [0.15, 0.2) is 0 Å². The van der Waals surface area contributed by atoms with E-state index in [1.165, 1.54) is 0 Å². The van der Waals surface area contributed by atoms with Crippen LogP contribution in [0.5, 0.6) is 0 Å². The van der Waals surface area contributed by atoms with Crippen LogP contribution in [0.2, 0.25) is 5.02 Å². The Hall–Kier alpha value is -2.42. The van der Waals surface area contributed by atoms with Crippen molar-refractivity contribution in [3.05, 3.63) is 59.4 Å². The first-order valence-electron chi connectivity index (χ1n) is 6.11. The number of fused-ring (bicyclic) bond motifs is 5. The molecule has 0 spiro atoms. The van der Waals surface area contributed by atoms with Crippen molar-refractivity contribution in [1.29, 1.82) is 5.26 Å². The van der Waals surface area contributed by atoms with Crippen LogP contribution < -0.4 is 0 Å². The first-order chi connectivity index (χ1) is 9.75. The van der Waals surface area contributed by atoms with Crippen molar-refractivity contribution in [3.63, 3.8) is 0 Å². The van der Waals surface area contributed by atoms with Gasteiger partial charge in [-0.15, -0.1) is 9.74 Å². The molecule has 0 fully saturated rings. The zero-order chi connectivity index (χ0) is 13.7. The van der Waals surface area contributed by atoms with Crippen LogP contribution in [0.4, 0.5) is 0 Å². The van der Waals surface area contributed by atoms with Gasteiger partial charge in [0.1, 0.15) is 12.7 Å². The Bertz CT molecular complexity index is 826.